The lowest BCUT2D eigenvalue weighted by Gasteiger charge is -2.37. The molecule has 2 saturated heterocycles. The number of carbonyl (C=O) groups is 1. The summed E-state index contributed by atoms with van der Waals surface area (Å²) in [4.78, 5) is 14.0. The summed E-state index contributed by atoms with van der Waals surface area (Å²) in [5.74, 6) is 0.396. The fraction of sp³-hybridized carbons (Fsp3) is 0.467. The van der Waals surface area contributed by atoms with Crippen LogP contribution in [-0.4, -0.2) is 17.9 Å². The molecule has 2 heterocycles. The van der Waals surface area contributed by atoms with Crippen molar-refractivity contribution < 1.29 is 4.79 Å². The van der Waals surface area contributed by atoms with Gasteiger partial charge in [0.25, 0.3) is 0 Å². The number of nitrogens with zero attached hydrogens (tertiary/aromatic N) is 2. The third-order valence-corrected chi connectivity index (χ3v) is 4.16. The van der Waals surface area contributed by atoms with Crippen LogP contribution in [-0.2, 0) is 4.79 Å². The van der Waals surface area contributed by atoms with E-state index in [1.54, 1.807) is 0 Å². The molecule has 0 spiro atoms. The van der Waals surface area contributed by atoms with Crippen LogP contribution in [0.2, 0.25) is 0 Å². The largest absolute Gasteiger partial charge is 0.364 e. The molecule has 2 unspecified atom stereocenters. The van der Waals surface area contributed by atoms with E-state index in [1.165, 1.54) is 5.56 Å². The van der Waals surface area contributed by atoms with E-state index < -0.39 is 0 Å². The first-order chi connectivity index (χ1) is 8.69. The smallest absolute Gasteiger partial charge is 0.137 e. The van der Waals surface area contributed by atoms with Gasteiger partial charge in [-0.2, -0.15) is 5.26 Å². The SMILES string of the molecule is Cc1ccc(C#N)cc1N1C2CCC1CC(=O)C2. The molecule has 1 aromatic rings. The molecule has 0 N–H and O–H groups in total. The zero-order valence-corrected chi connectivity index (χ0v) is 10.5. The van der Waals surface area contributed by atoms with Gasteiger partial charge < -0.3 is 4.90 Å². The number of hydrogen-bond donors (Lipinski definition) is 0. The Balaban J connectivity index is 2.01. The number of rotatable bonds is 1. The maximum Gasteiger partial charge on any atom is 0.137 e. The van der Waals surface area contributed by atoms with Crippen LogP contribution in [0.4, 0.5) is 5.69 Å². The molecule has 0 saturated carbocycles. The number of Topliss-reactive ketones (excluding diaryl/α,β-unsaturated/α-hetero) is 1. The summed E-state index contributed by atoms with van der Waals surface area (Å²) in [6, 6.07) is 8.73. The number of piperidine rings is 1. The van der Waals surface area contributed by atoms with Crippen molar-refractivity contribution >= 4 is 11.5 Å². The number of anilines is 1. The maximum absolute atomic E-state index is 11.6. The van der Waals surface area contributed by atoms with Gasteiger partial charge in [0.1, 0.15) is 5.78 Å². The van der Waals surface area contributed by atoms with E-state index in [9.17, 15) is 4.79 Å². The molecule has 2 fully saturated rings. The normalized spacial score (nSPS) is 26.2. The van der Waals surface area contributed by atoms with E-state index in [0.717, 1.165) is 18.5 Å². The predicted molar refractivity (Wildman–Crippen MR) is 69.4 cm³/mol. The van der Waals surface area contributed by atoms with Gasteiger partial charge in [-0.05, 0) is 37.5 Å². The van der Waals surface area contributed by atoms with Gasteiger partial charge in [0.2, 0.25) is 0 Å². The Kier molecular flexibility index (Phi) is 2.59. The Morgan fingerprint density at radius 1 is 1.28 bits per heavy atom. The lowest BCUT2D eigenvalue weighted by molar-refractivity contribution is -0.120. The molecule has 18 heavy (non-hydrogen) atoms. The average Bonchev–Trinajstić information content (AvgIpc) is 2.63. The van der Waals surface area contributed by atoms with E-state index >= 15 is 0 Å². The van der Waals surface area contributed by atoms with Gasteiger partial charge in [0.05, 0.1) is 11.6 Å². The van der Waals surface area contributed by atoms with Gasteiger partial charge in [-0.25, -0.2) is 0 Å². The average molecular weight is 240 g/mol. The number of benzene rings is 1. The van der Waals surface area contributed by atoms with Crippen molar-refractivity contribution in [1.29, 1.82) is 5.26 Å². The molecular weight excluding hydrogens is 224 g/mol. The van der Waals surface area contributed by atoms with E-state index in [1.807, 2.05) is 18.2 Å². The summed E-state index contributed by atoms with van der Waals surface area (Å²) in [6.45, 7) is 2.08. The van der Waals surface area contributed by atoms with Crippen molar-refractivity contribution in [1.82, 2.24) is 0 Å². The van der Waals surface area contributed by atoms with Gasteiger partial charge in [0, 0.05) is 30.6 Å². The zero-order chi connectivity index (χ0) is 12.7. The van der Waals surface area contributed by atoms with Crippen LogP contribution in [0, 0.1) is 18.3 Å². The molecule has 3 heteroatoms. The molecule has 1 aromatic carbocycles. The summed E-state index contributed by atoms with van der Waals surface area (Å²) in [7, 11) is 0. The summed E-state index contributed by atoms with van der Waals surface area (Å²) in [5.41, 5.74) is 3.04. The van der Waals surface area contributed by atoms with Gasteiger partial charge in [-0.3, -0.25) is 4.79 Å². The van der Waals surface area contributed by atoms with Crippen LogP contribution in [0.25, 0.3) is 0 Å². The first-order valence-electron chi connectivity index (χ1n) is 6.50. The van der Waals surface area contributed by atoms with E-state index in [-0.39, 0.29) is 0 Å². The number of ketones is 1. The molecule has 2 bridgehead atoms. The molecule has 3 nitrogen and oxygen atoms in total. The molecule has 2 aliphatic rings. The van der Waals surface area contributed by atoms with E-state index in [2.05, 4.69) is 17.9 Å². The third kappa shape index (κ3) is 1.69. The van der Waals surface area contributed by atoms with Gasteiger partial charge in [-0.1, -0.05) is 6.07 Å². The lowest BCUT2D eigenvalue weighted by atomic mass is 9.98. The Labute approximate surface area is 107 Å². The van der Waals surface area contributed by atoms with Gasteiger partial charge in [0.15, 0.2) is 0 Å². The highest BCUT2D eigenvalue weighted by molar-refractivity contribution is 5.83. The summed E-state index contributed by atoms with van der Waals surface area (Å²) in [5, 5.41) is 9.02. The van der Waals surface area contributed by atoms with Crippen molar-refractivity contribution in [2.45, 2.75) is 44.7 Å². The minimum Gasteiger partial charge on any atom is -0.364 e. The second-order valence-electron chi connectivity index (χ2n) is 5.35. The molecule has 3 rings (SSSR count). The van der Waals surface area contributed by atoms with E-state index in [0.29, 0.717) is 36.3 Å². The number of nitriles is 1. The highest BCUT2D eigenvalue weighted by Gasteiger charge is 2.40. The number of carbonyl (C=O) groups excluding carboxylic acids is 1. The Morgan fingerprint density at radius 3 is 2.56 bits per heavy atom. The van der Waals surface area contributed by atoms with Crippen LogP contribution >= 0.6 is 0 Å². The van der Waals surface area contributed by atoms with Crippen molar-refractivity contribution in [3.63, 3.8) is 0 Å². The highest BCUT2D eigenvalue weighted by atomic mass is 16.1. The molecule has 0 radical (unpaired) electrons. The lowest BCUT2D eigenvalue weighted by Crippen LogP contribution is -2.43. The summed E-state index contributed by atoms with van der Waals surface area (Å²) >= 11 is 0. The third-order valence-electron chi connectivity index (χ3n) is 4.16. The number of fused-ring (bicyclic) bond motifs is 2. The minimum absolute atomic E-state index is 0.351. The van der Waals surface area contributed by atoms with Crippen LogP contribution in [0.15, 0.2) is 18.2 Å². The monoisotopic (exact) mass is 240 g/mol. The standard InChI is InChI=1S/C15H16N2O/c1-10-2-3-11(9-16)6-15(10)17-12-4-5-13(17)8-14(18)7-12/h2-3,6,12-13H,4-5,7-8H2,1H3. The highest BCUT2D eigenvalue weighted by Crippen LogP contribution is 2.39. The Bertz CT molecular complexity index is 528. The van der Waals surface area contributed by atoms with Gasteiger partial charge in [-0.15, -0.1) is 0 Å². The molecule has 2 atom stereocenters. The van der Waals surface area contributed by atoms with Crippen molar-refractivity contribution in [3.05, 3.63) is 29.3 Å². The van der Waals surface area contributed by atoms with Crippen LogP contribution < -0.4 is 4.90 Å². The van der Waals surface area contributed by atoms with Gasteiger partial charge >= 0.3 is 0 Å². The van der Waals surface area contributed by atoms with Crippen molar-refractivity contribution in [2.75, 3.05) is 4.90 Å². The van der Waals surface area contributed by atoms with Crippen LogP contribution in [0.1, 0.15) is 36.8 Å². The quantitative estimate of drug-likeness (QED) is 0.757. The fourth-order valence-corrected chi connectivity index (χ4v) is 3.32. The predicted octanol–water partition coefficient (Wildman–Crippen LogP) is 2.57. The minimum atomic E-state index is 0.351. The topological polar surface area (TPSA) is 44.1 Å². The molecular formula is C15H16N2O. The van der Waals surface area contributed by atoms with E-state index in [4.69, 9.17) is 5.26 Å². The zero-order valence-electron chi connectivity index (χ0n) is 10.5. The first-order valence-corrected chi connectivity index (χ1v) is 6.50. The number of hydrogen-bond acceptors (Lipinski definition) is 3. The van der Waals surface area contributed by atoms with Crippen molar-refractivity contribution in [2.24, 2.45) is 0 Å². The first kappa shape index (κ1) is 11.3. The summed E-state index contributed by atoms with van der Waals surface area (Å²) < 4.78 is 0. The fourth-order valence-electron chi connectivity index (χ4n) is 3.32. The number of aryl methyl sites for hydroxylation is 1. The van der Waals surface area contributed by atoms with Crippen LogP contribution in [0.5, 0.6) is 0 Å². The van der Waals surface area contributed by atoms with Crippen LogP contribution in [0.3, 0.4) is 0 Å². The Morgan fingerprint density at radius 2 is 1.94 bits per heavy atom. The molecule has 2 aliphatic heterocycles. The molecule has 0 aliphatic carbocycles. The summed E-state index contributed by atoms with van der Waals surface area (Å²) in [6.07, 6.45) is 3.55. The maximum atomic E-state index is 11.6. The Hall–Kier alpha value is -1.82. The second-order valence-corrected chi connectivity index (χ2v) is 5.35. The molecule has 92 valence electrons. The molecule has 0 aromatic heterocycles. The second kappa shape index (κ2) is 4.13. The molecule has 0 amide bonds. The van der Waals surface area contributed by atoms with Crippen molar-refractivity contribution in [3.8, 4) is 6.07 Å².